The van der Waals surface area contributed by atoms with E-state index in [-0.39, 0.29) is 38.2 Å². The van der Waals surface area contributed by atoms with E-state index in [9.17, 15) is 31.1 Å². The number of nitrogens with zero attached hydrogens (tertiary/aromatic N) is 2. The molecule has 0 saturated carbocycles. The third kappa shape index (κ3) is 5.52. The molecule has 1 amide bonds. The molecule has 2 aromatic rings. The summed E-state index contributed by atoms with van der Waals surface area (Å²) in [5.74, 6) is -0.528. The predicted molar refractivity (Wildman–Crippen MR) is 97.8 cm³/mol. The molecule has 1 fully saturated rings. The first-order valence-electron chi connectivity index (χ1n) is 9.29. The standard InChI is InChI=1S/C20H18F7N3O/c21-18(17-15(20(25,26)27)2-1-9-28-17)7-10-30(11-8-18)12-16(31)29-14-5-3-13(4-6-14)19(22,23)24/h1-6,9H,7-8,10-12H2,(H,29,31). The fourth-order valence-electron chi connectivity index (χ4n) is 3.44. The molecule has 1 saturated heterocycles. The van der Waals surface area contributed by atoms with E-state index in [1.54, 1.807) is 4.90 Å². The van der Waals surface area contributed by atoms with Crippen molar-refractivity contribution < 1.29 is 35.5 Å². The molecule has 0 bridgehead atoms. The Morgan fingerprint density at radius 1 is 1.00 bits per heavy atom. The van der Waals surface area contributed by atoms with Crippen LogP contribution in [0.4, 0.5) is 36.4 Å². The number of piperidine rings is 1. The van der Waals surface area contributed by atoms with Crippen molar-refractivity contribution in [2.45, 2.75) is 30.9 Å². The molecule has 1 aromatic carbocycles. The third-order valence-corrected chi connectivity index (χ3v) is 5.05. The minimum absolute atomic E-state index is 0.0187. The number of amides is 1. The van der Waals surface area contributed by atoms with Crippen molar-refractivity contribution in [2.75, 3.05) is 25.0 Å². The number of hydrogen-bond acceptors (Lipinski definition) is 3. The quantitative estimate of drug-likeness (QED) is 0.667. The maximum absolute atomic E-state index is 15.3. The fourth-order valence-corrected chi connectivity index (χ4v) is 3.44. The number of nitrogens with one attached hydrogen (secondary N) is 1. The largest absolute Gasteiger partial charge is 0.418 e. The molecule has 11 heteroatoms. The molecule has 3 rings (SSSR count). The van der Waals surface area contributed by atoms with E-state index in [4.69, 9.17) is 0 Å². The zero-order valence-corrected chi connectivity index (χ0v) is 16.0. The van der Waals surface area contributed by atoms with Crippen LogP contribution < -0.4 is 5.32 Å². The number of aromatic nitrogens is 1. The molecule has 1 aliphatic heterocycles. The first-order chi connectivity index (χ1) is 14.4. The van der Waals surface area contributed by atoms with Crippen LogP contribution in [0.25, 0.3) is 0 Å². The Kier molecular flexibility index (Phi) is 6.26. The van der Waals surface area contributed by atoms with Gasteiger partial charge in [0.05, 0.1) is 23.4 Å². The summed E-state index contributed by atoms with van der Waals surface area (Å²) in [7, 11) is 0. The number of rotatable bonds is 4. The highest BCUT2D eigenvalue weighted by molar-refractivity contribution is 5.92. The Morgan fingerprint density at radius 3 is 2.16 bits per heavy atom. The van der Waals surface area contributed by atoms with Gasteiger partial charge in [-0.1, -0.05) is 0 Å². The van der Waals surface area contributed by atoms with Crippen LogP contribution in [0.2, 0.25) is 0 Å². The molecule has 2 heterocycles. The Labute approximate surface area is 173 Å². The molecule has 1 aliphatic rings. The van der Waals surface area contributed by atoms with Gasteiger partial charge in [-0.15, -0.1) is 0 Å². The first-order valence-corrected chi connectivity index (χ1v) is 9.29. The molecule has 0 unspecified atom stereocenters. The van der Waals surface area contributed by atoms with E-state index in [1.165, 1.54) is 0 Å². The average molecular weight is 449 g/mol. The van der Waals surface area contributed by atoms with Gasteiger partial charge < -0.3 is 5.32 Å². The van der Waals surface area contributed by atoms with E-state index >= 15 is 4.39 Å². The number of halogens is 7. The molecule has 0 aliphatic carbocycles. The van der Waals surface area contributed by atoms with Crippen LogP contribution in [0.3, 0.4) is 0 Å². The van der Waals surface area contributed by atoms with Gasteiger partial charge in [-0.3, -0.25) is 14.7 Å². The van der Waals surface area contributed by atoms with Gasteiger partial charge >= 0.3 is 12.4 Å². The van der Waals surface area contributed by atoms with Crippen molar-refractivity contribution in [2.24, 2.45) is 0 Å². The SMILES string of the molecule is O=C(CN1CCC(F)(c2ncccc2C(F)(F)F)CC1)Nc1ccc(C(F)(F)F)cc1. The van der Waals surface area contributed by atoms with Gasteiger partial charge in [0, 0.05) is 25.0 Å². The summed E-state index contributed by atoms with van der Waals surface area (Å²) < 4.78 is 92.6. The molecule has 0 spiro atoms. The molecular formula is C20H18F7N3O. The topological polar surface area (TPSA) is 45.2 Å². The molecule has 31 heavy (non-hydrogen) atoms. The maximum atomic E-state index is 15.3. The molecule has 168 valence electrons. The first kappa shape index (κ1) is 23.0. The highest BCUT2D eigenvalue weighted by Gasteiger charge is 2.45. The highest BCUT2D eigenvalue weighted by atomic mass is 19.4. The van der Waals surface area contributed by atoms with Crippen molar-refractivity contribution >= 4 is 11.6 Å². The Bertz CT molecular complexity index is 918. The van der Waals surface area contributed by atoms with Crippen molar-refractivity contribution in [3.63, 3.8) is 0 Å². The number of carbonyl (C=O) groups is 1. The predicted octanol–water partition coefficient (Wildman–Crippen LogP) is 5.02. The summed E-state index contributed by atoms with van der Waals surface area (Å²) in [6.45, 7) is -0.138. The van der Waals surface area contributed by atoms with Gasteiger partial charge in [0.1, 0.15) is 0 Å². The third-order valence-electron chi connectivity index (χ3n) is 5.05. The number of hydrogen-bond donors (Lipinski definition) is 1. The second-order valence-corrected chi connectivity index (χ2v) is 7.26. The fraction of sp³-hybridized carbons (Fsp3) is 0.400. The van der Waals surface area contributed by atoms with E-state index in [0.29, 0.717) is 0 Å². The zero-order chi connectivity index (χ0) is 22.9. The number of pyridine rings is 1. The summed E-state index contributed by atoms with van der Waals surface area (Å²) in [6.07, 6.45) is -8.67. The lowest BCUT2D eigenvalue weighted by molar-refractivity contribution is -0.140. The van der Waals surface area contributed by atoms with Gasteiger partial charge in [-0.05, 0) is 49.2 Å². The molecule has 1 N–H and O–H groups in total. The number of alkyl halides is 7. The van der Waals surface area contributed by atoms with Crippen LogP contribution in [0, 0.1) is 0 Å². The molecular weight excluding hydrogens is 431 g/mol. The minimum Gasteiger partial charge on any atom is -0.325 e. The van der Waals surface area contributed by atoms with Crippen LogP contribution in [-0.2, 0) is 22.8 Å². The van der Waals surface area contributed by atoms with E-state index in [0.717, 1.165) is 42.6 Å². The van der Waals surface area contributed by atoms with E-state index in [1.807, 2.05) is 0 Å². The summed E-state index contributed by atoms with van der Waals surface area (Å²) in [4.78, 5) is 17.3. The second kappa shape index (κ2) is 8.45. The van der Waals surface area contributed by atoms with Gasteiger partial charge in [0.25, 0.3) is 0 Å². The lowest BCUT2D eigenvalue weighted by Crippen LogP contribution is -2.44. The van der Waals surface area contributed by atoms with Crippen LogP contribution in [-0.4, -0.2) is 35.4 Å². The van der Waals surface area contributed by atoms with Gasteiger partial charge in [0.15, 0.2) is 5.67 Å². The van der Waals surface area contributed by atoms with Crippen molar-refractivity contribution in [3.8, 4) is 0 Å². The Hall–Kier alpha value is -2.69. The summed E-state index contributed by atoms with van der Waals surface area (Å²) in [6, 6.07) is 5.77. The van der Waals surface area contributed by atoms with Gasteiger partial charge in [-0.25, -0.2) is 4.39 Å². The molecule has 4 nitrogen and oxygen atoms in total. The van der Waals surface area contributed by atoms with E-state index < -0.39 is 40.7 Å². The summed E-state index contributed by atoms with van der Waals surface area (Å²) >= 11 is 0. The van der Waals surface area contributed by atoms with Crippen molar-refractivity contribution in [3.05, 3.63) is 59.4 Å². The number of likely N-dealkylation sites (tertiary alicyclic amines) is 1. The Balaban J connectivity index is 1.58. The van der Waals surface area contributed by atoms with Crippen LogP contribution in [0.15, 0.2) is 42.6 Å². The molecule has 0 radical (unpaired) electrons. The maximum Gasteiger partial charge on any atom is 0.418 e. The normalized spacial score (nSPS) is 17.4. The average Bonchev–Trinajstić information content (AvgIpc) is 2.69. The van der Waals surface area contributed by atoms with Crippen molar-refractivity contribution in [1.82, 2.24) is 9.88 Å². The highest BCUT2D eigenvalue weighted by Crippen LogP contribution is 2.42. The van der Waals surface area contributed by atoms with E-state index in [2.05, 4.69) is 10.3 Å². The molecule has 1 aromatic heterocycles. The monoisotopic (exact) mass is 449 g/mol. The molecule has 0 atom stereocenters. The Morgan fingerprint density at radius 2 is 1.61 bits per heavy atom. The number of carbonyl (C=O) groups excluding carboxylic acids is 1. The number of benzene rings is 1. The zero-order valence-electron chi connectivity index (χ0n) is 16.0. The van der Waals surface area contributed by atoms with Crippen LogP contribution in [0.5, 0.6) is 0 Å². The van der Waals surface area contributed by atoms with Gasteiger partial charge in [-0.2, -0.15) is 26.3 Å². The minimum atomic E-state index is -4.73. The summed E-state index contributed by atoms with van der Waals surface area (Å²) in [5, 5.41) is 2.45. The lowest BCUT2D eigenvalue weighted by atomic mass is 9.87. The van der Waals surface area contributed by atoms with Crippen LogP contribution >= 0.6 is 0 Å². The lowest BCUT2D eigenvalue weighted by Gasteiger charge is -2.36. The number of anilines is 1. The van der Waals surface area contributed by atoms with Gasteiger partial charge in [0.2, 0.25) is 5.91 Å². The smallest absolute Gasteiger partial charge is 0.325 e. The van der Waals surface area contributed by atoms with Crippen molar-refractivity contribution in [1.29, 1.82) is 0 Å². The van der Waals surface area contributed by atoms with Crippen LogP contribution in [0.1, 0.15) is 29.7 Å². The summed E-state index contributed by atoms with van der Waals surface area (Å²) in [5.41, 5.74) is -4.74. The second-order valence-electron chi connectivity index (χ2n) is 7.26.